The number of nitrogens with zero attached hydrogens (tertiary/aromatic N) is 4. The van der Waals surface area contributed by atoms with E-state index in [0.29, 0.717) is 0 Å². The molecule has 1 heterocycles. The zero-order chi connectivity index (χ0) is 6.85. The van der Waals surface area contributed by atoms with Crippen LogP contribution >= 0.6 is 16.1 Å². The Bertz CT molecular complexity index is 160. The van der Waals surface area contributed by atoms with Crippen molar-refractivity contribution in [2.75, 3.05) is 7.05 Å². The quantitative estimate of drug-likeness (QED) is 0.516. The van der Waals surface area contributed by atoms with E-state index in [1.807, 2.05) is 6.07 Å². The van der Waals surface area contributed by atoms with E-state index in [-0.39, 0.29) is 6.17 Å². The van der Waals surface area contributed by atoms with Gasteiger partial charge in [0.25, 0.3) is 0 Å². The lowest BCUT2D eigenvalue weighted by molar-refractivity contribution is 0.281. The second-order valence-corrected chi connectivity index (χ2v) is 2.47. The summed E-state index contributed by atoms with van der Waals surface area (Å²) in [4.78, 5) is 0. The Morgan fingerprint density at radius 2 is 2.56 bits per heavy atom. The van der Waals surface area contributed by atoms with Gasteiger partial charge in [-0.3, -0.25) is 8.93 Å². The predicted octanol–water partition coefficient (Wildman–Crippen LogP) is 0.337. The highest BCUT2D eigenvalue weighted by atomic mass is 79.9. The summed E-state index contributed by atoms with van der Waals surface area (Å²) in [5, 5.41) is 13.9. The number of hydrogen-bond donors (Lipinski definition) is 0. The maximum absolute atomic E-state index is 8.46. The predicted molar refractivity (Wildman–Crippen MR) is 36.4 cm³/mol. The third-order valence-electron chi connectivity index (χ3n) is 1.05. The van der Waals surface area contributed by atoms with Crippen molar-refractivity contribution < 1.29 is 0 Å². The fourth-order valence-electron chi connectivity index (χ4n) is 0.555. The van der Waals surface area contributed by atoms with Crippen molar-refractivity contribution in [1.82, 2.24) is 8.93 Å². The molecule has 0 saturated heterocycles. The molecule has 0 aliphatic carbocycles. The molecule has 48 valence electrons. The second kappa shape index (κ2) is 2.23. The number of rotatable bonds is 0. The Kier molecular flexibility index (Phi) is 1.58. The molecule has 0 N–H and O–H groups in total. The molecule has 1 atom stereocenters. The van der Waals surface area contributed by atoms with Gasteiger partial charge in [-0.05, 0) is 0 Å². The van der Waals surface area contributed by atoms with Crippen LogP contribution in [-0.4, -0.2) is 28.5 Å². The zero-order valence-corrected chi connectivity index (χ0v) is 6.41. The normalized spacial score (nSPS) is 24.8. The Morgan fingerprint density at radius 3 is 2.78 bits per heavy atom. The van der Waals surface area contributed by atoms with Gasteiger partial charge in [-0.1, -0.05) is 0 Å². The van der Waals surface area contributed by atoms with Crippen molar-refractivity contribution in [3.63, 3.8) is 0 Å². The first-order valence-electron chi connectivity index (χ1n) is 2.36. The molecular weight excluding hydrogens is 184 g/mol. The standard InChI is InChI=1S/C4H5BrN4/c1-8-4(2-6)9(5)3-7-8/h3-4H,1H3. The van der Waals surface area contributed by atoms with Gasteiger partial charge in [0, 0.05) is 7.05 Å². The fraction of sp³-hybridized carbons (Fsp3) is 0.500. The largest absolute Gasteiger partial charge is 0.262 e. The molecule has 0 radical (unpaired) electrons. The van der Waals surface area contributed by atoms with Gasteiger partial charge in [0.1, 0.15) is 12.4 Å². The maximum Gasteiger partial charge on any atom is 0.216 e. The first-order chi connectivity index (χ1) is 4.25. The molecule has 1 rings (SSSR count). The highest BCUT2D eigenvalue weighted by molar-refractivity contribution is 9.07. The molecule has 0 aromatic heterocycles. The summed E-state index contributed by atoms with van der Waals surface area (Å²) in [5.74, 6) is 0. The highest BCUT2D eigenvalue weighted by Crippen LogP contribution is 2.12. The fourth-order valence-corrected chi connectivity index (χ4v) is 0.994. The van der Waals surface area contributed by atoms with Crippen LogP contribution in [0.5, 0.6) is 0 Å². The van der Waals surface area contributed by atoms with Crippen molar-refractivity contribution in [3.8, 4) is 6.07 Å². The van der Waals surface area contributed by atoms with Gasteiger partial charge in [0.2, 0.25) is 6.17 Å². The highest BCUT2D eigenvalue weighted by Gasteiger charge is 2.21. The molecule has 1 unspecified atom stereocenters. The van der Waals surface area contributed by atoms with Crippen LogP contribution in [0.25, 0.3) is 0 Å². The minimum atomic E-state index is -0.301. The summed E-state index contributed by atoms with van der Waals surface area (Å²) in [5.41, 5.74) is 0. The summed E-state index contributed by atoms with van der Waals surface area (Å²) in [6, 6.07) is 2.04. The average Bonchev–Trinajstić information content (AvgIpc) is 2.12. The SMILES string of the molecule is CN1N=CN(Br)C1C#N. The van der Waals surface area contributed by atoms with Gasteiger partial charge < -0.3 is 0 Å². The first-order valence-corrected chi connectivity index (χ1v) is 3.07. The van der Waals surface area contributed by atoms with Crippen molar-refractivity contribution in [3.05, 3.63) is 0 Å². The lowest BCUT2D eigenvalue weighted by atomic mass is 10.5. The number of halogens is 1. The first kappa shape index (κ1) is 6.36. The zero-order valence-electron chi connectivity index (χ0n) is 4.82. The Morgan fingerprint density at radius 1 is 1.89 bits per heavy atom. The van der Waals surface area contributed by atoms with Crippen LogP contribution < -0.4 is 0 Å². The summed E-state index contributed by atoms with van der Waals surface area (Å²) < 4.78 is 1.56. The molecule has 1 aliphatic heterocycles. The molecule has 0 fully saturated rings. The van der Waals surface area contributed by atoms with E-state index in [9.17, 15) is 0 Å². The van der Waals surface area contributed by atoms with E-state index in [4.69, 9.17) is 5.26 Å². The summed E-state index contributed by atoms with van der Waals surface area (Å²) in [6.07, 6.45) is 1.25. The molecule has 1 aliphatic rings. The smallest absolute Gasteiger partial charge is 0.216 e. The number of hydrogen-bond acceptors (Lipinski definition) is 4. The minimum absolute atomic E-state index is 0.301. The van der Waals surface area contributed by atoms with Gasteiger partial charge in [-0.25, -0.2) is 0 Å². The molecule has 9 heavy (non-hydrogen) atoms. The van der Waals surface area contributed by atoms with Gasteiger partial charge in [0.05, 0.1) is 16.1 Å². The van der Waals surface area contributed by atoms with Crippen LogP contribution in [0.1, 0.15) is 0 Å². The summed E-state index contributed by atoms with van der Waals surface area (Å²) in [6.45, 7) is 0. The van der Waals surface area contributed by atoms with E-state index in [1.54, 1.807) is 22.3 Å². The minimum Gasteiger partial charge on any atom is -0.262 e. The van der Waals surface area contributed by atoms with Crippen LogP contribution in [0.2, 0.25) is 0 Å². The van der Waals surface area contributed by atoms with E-state index in [1.165, 1.54) is 0 Å². The van der Waals surface area contributed by atoms with Crippen molar-refractivity contribution in [2.45, 2.75) is 6.17 Å². The molecule has 0 spiro atoms. The number of nitriles is 1. The third kappa shape index (κ3) is 0.980. The Labute approximate surface area is 61.7 Å². The topological polar surface area (TPSA) is 42.6 Å². The number of hydrazone groups is 1. The van der Waals surface area contributed by atoms with Crippen LogP contribution in [0.3, 0.4) is 0 Å². The van der Waals surface area contributed by atoms with E-state index in [0.717, 1.165) is 0 Å². The summed E-state index contributed by atoms with van der Waals surface area (Å²) in [7, 11) is 1.74. The Hall–Kier alpha value is -0.760. The lowest BCUT2D eigenvalue weighted by Gasteiger charge is -2.14. The molecule has 0 bridgehead atoms. The average molecular weight is 189 g/mol. The third-order valence-corrected chi connectivity index (χ3v) is 1.62. The maximum atomic E-state index is 8.46. The van der Waals surface area contributed by atoms with E-state index < -0.39 is 0 Å². The molecule has 0 aromatic carbocycles. The van der Waals surface area contributed by atoms with Gasteiger partial charge >= 0.3 is 0 Å². The van der Waals surface area contributed by atoms with Crippen molar-refractivity contribution >= 4 is 22.5 Å². The molecule has 0 amide bonds. The molecule has 0 aromatic rings. The molecular formula is C4H5BrN4. The van der Waals surface area contributed by atoms with E-state index >= 15 is 0 Å². The van der Waals surface area contributed by atoms with Crippen molar-refractivity contribution in [1.29, 1.82) is 5.26 Å². The molecule has 5 heteroatoms. The van der Waals surface area contributed by atoms with Crippen LogP contribution in [0.15, 0.2) is 5.10 Å². The molecule has 0 saturated carbocycles. The van der Waals surface area contributed by atoms with Gasteiger partial charge in [-0.15, -0.1) is 0 Å². The van der Waals surface area contributed by atoms with Gasteiger partial charge in [0.15, 0.2) is 0 Å². The van der Waals surface area contributed by atoms with E-state index in [2.05, 4.69) is 21.2 Å². The summed E-state index contributed by atoms with van der Waals surface area (Å²) >= 11 is 3.13. The van der Waals surface area contributed by atoms with Crippen LogP contribution in [-0.2, 0) is 0 Å². The van der Waals surface area contributed by atoms with Crippen LogP contribution in [0.4, 0.5) is 0 Å². The van der Waals surface area contributed by atoms with Gasteiger partial charge in [-0.2, -0.15) is 10.4 Å². The van der Waals surface area contributed by atoms with Crippen LogP contribution in [0, 0.1) is 11.3 Å². The second-order valence-electron chi connectivity index (χ2n) is 1.65. The molecule has 4 nitrogen and oxygen atoms in total. The lowest BCUT2D eigenvalue weighted by Crippen LogP contribution is -2.29. The monoisotopic (exact) mass is 188 g/mol. The van der Waals surface area contributed by atoms with Crippen molar-refractivity contribution in [2.24, 2.45) is 5.10 Å². The Balaban J connectivity index is 2.66.